The lowest BCUT2D eigenvalue weighted by Gasteiger charge is -2.11. The van der Waals surface area contributed by atoms with Crippen LogP contribution in [-0.2, 0) is 13.9 Å². The Morgan fingerprint density at radius 2 is 1.69 bits per heavy atom. The quantitative estimate of drug-likeness (QED) is 0.475. The van der Waals surface area contributed by atoms with Gasteiger partial charge >= 0.3 is 5.78 Å². The van der Waals surface area contributed by atoms with Gasteiger partial charge in [0.2, 0.25) is 0 Å². The summed E-state index contributed by atoms with van der Waals surface area (Å²) in [7, 11) is 4.76. The number of rotatable bonds is 2. The predicted molar refractivity (Wildman–Crippen MR) is 50.3 cm³/mol. The van der Waals surface area contributed by atoms with Crippen LogP contribution in [-0.4, -0.2) is 27.1 Å². The van der Waals surface area contributed by atoms with Crippen LogP contribution >= 0.6 is 0 Å². The van der Waals surface area contributed by atoms with E-state index in [2.05, 4.69) is 6.58 Å². The minimum atomic E-state index is 0.645. The first kappa shape index (κ1) is 9.58. The highest BCUT2D eigenvalue weighted by Gasteiger charge is 2.22. The van der Waals surface area contributed by atoms with Crippen LogP contribution < -0.4 is 0 Å². The van der Waals surface area contributed by atoms with Gasteiger partial charge in [0.05, 0.1) is 25.9 Å². The molecule has 0 aromatic carbocycles. The summed E-state index contributed by atoms with van der Waals surface area (Å²) in [4.78, 5) is 0. The van der Waals surface area contributed by atoms with E-state index < -0.39 is 0 Å². The molecule has 0 aromatic heterocycles. The lowest BCUT2D eigenvalue weighted by molar-refractivity contribution is -0.418. The largest absolute Gasteiger partial charge is 0.493 e. The minimum Gasteiger partial charge on any atom is -0.493 e. The summed E-state index contributed by atoms with van der Waals surface area (Å²) in [5.74, 6) is 2.00. The molecule has 70 valence electrons. The maximum Gasteiger partial charge on any atom is 0.353 e. The minimum absolute atomic E-state index is 0.645. The van der Waals surface area contributed by atoms with E-state index in [0.29, 0.717) is 17.3 Å². The molecule has 0 unspecified atom stereocenters. The fraction of sp³-hybridized carbons (Fsp3) is 0.300. The van der Waals surface area contributed by atoms with Crippen LogP contribution in [0, 0.1) is 0 Å². The maximum absolute atomic E-state index is 5.10. The molecule has 3 nitrogen and oxygen atoms in total. The monoisotopic (exact) mass is 181 g/mol. The molecule has 0 bridgehead atoms. The number of hydrogen-bond acceptors (Lipinski definition) is 2. The molecule has 0 saturated carbocycles. The number of allylic oxidation sites excluding steroid dienone is 3. The third kappa shape index (κ3) is 1.80. The lowest BCUT2D eigenvalue weighted by Crippen LogP contribution is -2.10. The third-order valence-electron chi connectivity index (χ3n) is 1.79. The standard InChI is InChI=1S/C10H13O3/c1-7-5-9(12-3)10(13-4)6-8(7)11-2/h5-6H,1H2,2-4H3/q+1. The molecule has 1 aliphatic carbocycles. The fourth-order valence-electron chi connectivity index (χ4n) is 1.09. The van der Waals surface area contributed by atoms with Gasteiger partial charge in [-0.1, -0.05) is 6.58 Å². The molecule has 3 heteroatoms. The highest BCUT2D eigenvalue weighted by Crippen LogP contribution is 2.20. The molecule has 13 heavy (non-hydrogen) atoms. The van der Waals surface area contributed by atoms with Crippen LogP contribution in [0.2, 0.25) is 0 Å². The fourth-order valence-corrected chi connectivity index (χ4v) is 1.09. The van der Waals surface area contributed by atoms with E-state index >= 15 is 0 Å². The van der Waals surface area contributed by atoms with Gasteiger partial charge in [0.1, 0.15) is 0 Å². The van der Waals surface area contributed by atoms with Crippen molar-refractivity contribution < 1.29 is 13.9 Å². The van der Waals surface area contributed by atoms with Gasteiger partial charge in [-0.15, -0.1) is 0 Å². The normalized spacial score (nSPS) is 19.6. The van der Waals surface area contributed by atoms with Gasteiger partial charge in [0.15, 0.2) is 11.5 Å². The Hall–Kier alpha value is -1.51. The summed E-state index contributed by atoms with van der Waals surface area (Å²) in [5.41, 5.74) is 0.778. The zero-order valence-corrected chi connectivity index (χ0v) is 8.09. The molecule has 0 aromatic rings. The van der Waals surface area contributed by atoms with Gasteiger partial charge in [-0.05, 0) is 0 Å². The Balaban J connectivity index is 3.05. The summed E-state index contributed by atoms with van der Waals surface area (Å²) in [6.45, 7) is 3.81. The second-order valence-corrected chi connectivity index (χ2v) is 2.52. The van der Waals surface area contributed by atoms with Crippen LogP contribution in [0.5, 0.6) is 0 Å². The molecule has 0 amide bonds. The van der Waals surface area contributed by atoms with E-state index in [0.717, 1.165) is 5.57 Å². The van der Waals surface area contributed by atoms with Crippen molar-refractivity contribution in [3.63, 3.8) is 0 Å². The molecule has 0 aliphatic heterocycles. The average molecular weight is 181 g/mol. The molecular formula is C10H13O3+. The van der Waals surface area contributed by atoms with Crippen molar-refractivity contribution >= 4 is 5.78 Å². The Morgan fingerprint density at radius 1 is 1.15 bits per heavy atom. The van der Waals surface area contributed by atoms with Crippen LogP contribution in [0.25, 0.3) is 0 Å². The predicted octanol–water partition coefficient (Wildman–Crippen LogP) is 1.35. The lowest BCUT2D eigenvalue weighted by atomic mass is 10.1. The van der Waals surface area contributed by atoms with Crippen molar-refractivity contribution in [1.29, 1.82) is 0 Å². The van der Waals surface area contributed by atoms with Crippen LogP contribution in [0.1, 0.15) is 0 Å². The summed E-state index contributed by atoms with van der Waals surface area (Å²) >= 11 is 0. The molecule has 0 radical (unpaired) electrons. The first-order valence-electron chi connectivity index (χ1n) is 3.85. The van der Waals surface area contributed by atoms with Crippen molar-refractivity contribution in [2.24, 2.45) is 0 Å². The summed E-state index contributed by atoms with van der Waals surface area (Å²) in [6, 6.07) is 0. The maximum atomic E-state index is 5.10. The van der Waals surface area contributed by atoms with Crippen molar-refractivity contribution in [3.8, 4) is 0 Å². The van der Waals surface area contributed by atoms with E-state index in [4.69, 9.17) is 13.9 Å². The van der Waals surface area contributed by atoms with E-state index in [1.807, 2.05) is 0 Å². The van der Waals surface area contributed by atoms with Crippen LogP contribution in [0.15, 0.2) is 35.8 Å². The van der Waals surface area contributed by atoms with Gasteiger partial charge in [0, 0.05) is 6.08 Å². The molecule has 0 saturated heterocycles. The van der Waals surface area contributed by atoms with E-state index in [1.165, 1.54) is 0 Å². The summed E-state index contributed by atoms with van der Waals surface area (Å²) < 4.78 is 15.3. The van der Waals surface area contributed by atoms with E-state index in [9.17, 15) is 0 Å². The highest BCUT2D eigenvalue weighted by atomic mass is 16.5. The number of methoxy groups -OCH3 is 2. The average Bonchev–Trinajstić information content (AvgIpc) is 2.17. The van der Waals surface area contributed by atoms with Gasteiger partial charge in [0.25, 0.3) is 7.11 Å². The van der Waals surface area contributed by atoms with Gasteiger partial charge in [-0.25, -0.2) is 0 Å². The van der Waals surface area contributed by atoms with Crippen LogP contribution in [0.3, 0.4) is 0 Å². The number of carbonyl (C=O) groups excluding carboxylic acids is 1. The Labute approximate surface area is 77.7 Å². The summed E-state index contributed by atoms with van der Waals surface area (Å²) in [6.07, 6.45) is 3.53. The molecule has 0 fully saturated rings. The van der Waals surface area contributed by atoms with Crippen molar-refractivity contribution in [2.45, 2.75) is 0 Å². The molecule has 1 rings (SSSR count). The second kappa shape index (κ2) is 3.94. The molecule has 0 N–H and O–H groups in total. The molecule has 1 aliphatic rings. The van der Waals surface area contributed by atoms with E-state index in [-0.39, 0.29) is 0 Å². The Kier molecular flexibility index (Phi) is 2.90. The smallest absolute Gasteiger partial charge is 0.353 e. The molecule has 0 spiro atoms. The first-order chi connectivity index (χ1) is 6.22. The molecule has 0 heterocycles. The van der Waals surface area contributed by atoms with Crippen LogP contribution in [0.4, 0.5) is 0 Å². The Bertz CT molecular complexity index is 308. The number of ether oxygens (including phenoxy) is 2. The summed E-state index contributed by atoms with van der Waals surface area (Å²) in [5, 5.41) is 0. The number of ketones is 1. The van der Waals surface area contributed by atoms with Crippen molar-refractivity contribution in [2.75, 3.05) is 21.3 Å². The SMILES string of the molecule is C=C1C=C(OC)C(OC)=CC1=[O+]C. The molecule has 0 atom stereocenters. The van der Waals surface area contributed by atoms with E-state index in [1.54, 1.807) is 33.5 Å². The van der Waals surface area contributed by atoms with Gasteiger partial charge < -0.3 is 9.47 Å². The van der Waals surface area contributed by atoms with Crippen molar-refractivity contribution in [3.05, 3.63) is 35.8 Å². The second-order valence-electron chi connectivity index (χ2n) is 2.52. The van der Waals surface area contributed by atoms with Crippen molar-refractivity contribution in [1.82, 2.24) is 0 Å². The zero-order chi connectivity index (χ0) is 9.84. The van der Waals surface area contributed by atoms with Gasteiger partial charge in [-0.2, -0.15) is 0 Å². The number of hydrogen-bond donors (Lipinski definition) is 0. The topological polar surface area (TPSA) is 29.8 Å². The zero-order valence-electron chi connectivity index (χ0n) is 8.09. The third-order valence-corrected chi connectivity index (χ3v) is 1.79. The molecular weight excluding hydrogens is 168 g/mol. The highest BCUT2D eigenvalue weighted by molar-refractivity contribution is 6.07. The first-order valence-corrected chi connectivity index (χ1v) is 3.85. The Morgan fingerprint density at radius 3 is 2.15 bits per heavy atom. The van der Waals surface area contributed by atoms with Gasteiger partial charge in [-0.3, -0.25) is 4.42 Å².